The number of aryl methyl sites for hydroxylation is 1. The van der Waals surface area contributed by atoms with Gasteiger partial charge >= 0.3 is 5.97 Å². The van der Waals surface area contributed by atoms with E-state index in [1.165, 1.54) is 0 Å². The highest BCUT2D eigenvalue weighted by atomic mass is 16.5. The van der Waals surface area contributed by atoms with Gasteiger partial charge in [-0.25, -0.2) is 0 Å². The van der Waals surface area contributed by atoms with Crippen LogP contribution in [0.2, 0.25) is 0 Å². The molecule has 5 heteroatoms. The summed E-state index contributed by atoms with van der Waals surface area (Å²) >= 11 is 0. The molecule has 0 fully saturated rings. The summed E-state index contributed by atoms with van der Waals surface area (Å²) in [6.07, 6.45) is 0. The lowest BCUT2D eigenvalue weighted by molar-refractivity contribution is -0.142. The summed E-state index contributed by atoms with van der Waals surface area (Å²) in [5, 5.41) is 9.00. The minimum Gasteiger partial charge on any atom is -0.493 e. The molecular weight excluding hydrogens is 246 g/mol. The monoisotopic (exact) mass is 267 g/mol. The molecule has 1 aromatic carbocycles. The fourth-order valence-electron chi connectivity index (χ4n) is 1.79. The number of rotatable bonds is 6. The summed E-state index contributed by atoms with van der Waals surface area (Å²) in [6, 6.07) is 3.25. The Hall–Kier alpha value is -1.75. The first-order valence-electron chi connectivity index (χ1n) is 6.05. The van der Waals surface area contributed by atoms with Gasteiger partial charge in [-0.15, -0.1) is 0 Å². The van der Waals surface area contributed by atoms with Gasteiger partial charge in [-0.2, -0.15) is 0 Å². The Morgan fingerprint density at radius 1 is 1.32 bits per heavy atom. The second kappa shape index (κ2) is 6.43. The number of likely N-dealkylation sites (N-methyl/N-ethyl adjacent to an activating group) is 1. The van der Waals surface area contributed by atoms with E-state index in [-0.39, 0.29) is 0 Å². The van der Waals surface area contributed by atoms with Crippen LogP contribution in [0.1, 0.15) is 18.1 Å². The molecule has 0 bridgehead atoms. The van der Waals surface area contributed by atoms with Crippen LogP contribution >= 0.6 is 0 Å². The number of ether oxygens (including phenoxy) is 2. The molecule has 0 spiro atoms. The Labute approximate surface area is 113 Å². The van der Waals surface area contributed by atoms with Crippen molar-refractivity contribution in [3.05, 3.63) is 23.3 Å². The van der Waals surface area contributed by atoms with Gasteiger partial charge < -0.3 is 14.6 Å². The first-order chi connectivity index (χ1) is 8.90. The summed E-state index contributed by atoms with van der Waals surface area (Å²) in [6.45, 7) is 4.18. The summed E-state index contributed by atoms with van der Waals surface area (Å²) in [4.78, 5) is 12.7. The van der Waals surface area contributed by atoms with Crippen molar-refractivity contribution in [1.82, 2.24) is 4.90 Å². The van der Waals surface area contributed by atoms with Crippen molar-refractivity contribution >= 4 is 5.97 Å². The van der Waals surface area contributed by atoms with Crippen LogP contribution in [0, 0.1) is 6.92 Å². The highest BCUT2D eigenvalue weighted by molar-refractivity contribution is 5.72. The maximum atomic E-state index is 11.0. The Bertz CT molecular complexity index is 459. The van der Waals surface area contributed by atoms with Gasteiger partial charge in [0.1, 0.15) is 6.04 Å². The van der Waals surface area contributed by atoms with E-state index in [0.717, 1.165) is 11.1 Å². The second-order valence-corrected chi connectivity index (χ2v) is 4.56. The van der Waals surface area contributed by atoms with E-state index >= 15 is 0 Å². The standard InChI is InChI=1S/C14H21NO4/c1-9-6-12(18-4)13(19-5)7-11(9)8-15(3)10(2)14(16)17/h6-7,10H,8H2,1-5H3,(H,16,17). The van der Waals surface area contributed by atoms with E-state index in [4.69, 9.17) is 14.6 Å². The number of carboxylic acid groups (broad SMARTS) is 1. The molecule has 1 atom stereocenters. The van der Waals surface area contributed by atoms with Crippen molar-refractivity contribution in [1.29, 1.82) is 0 Å². The summed E-state index contributed by atoms with van der Waals surface area (Å²) < 4.78 is 10.5. The van der Waals surface area contributed by atoms with Crippen molar-refractivity contribution in [2.45, 2.75) is 26.4 Å². The quantitative estimate of drug-likeness (QED) is 0.853. The zero-order valence-electron chi connectivity index (χ0n) is 12.1. The van der Waals surface area contributed by atoms with Crippen LogP contribution in [-0.2, 0) is 11.3 Å². The zero-order valence-corrected chi connectivity index (χ0v) is 12.1. The first-order valence-corrected chi connectivity index (χ1v) is 6.05. The van der Waals surface area contributed by atoms with Gasteiger partial charge in [0.15, 0.2) is 11.5 Å². The molecule has 0 amide bonds. The van der Waals surface area contributed by atoms with E-state index in [9.17, 15) is 4.79 Å². The van der Waals surface area contributed by atoms with Crippen LogP contribution in [0.25, 0.3) is 0 Å². The lowest BCUT2D eigenvalue weighted by Gasteiger charge is -2.22. The number of methoxy groups -OCH3 is 2. The number of carboxylic acids is 1. The topological polar surface area (TPSA) is 59.0 Å². The van der Waals surface area contributed by atoms with Gasteiger partial charge in [0, 0.05) is 6.54 Å². The van der Waals surface area contributed by atoms with Crippen molar-refractivity contribution in [2.75, 3.05) is 21.3 Å². The van der Waals surface area contributed by atoms with E-state index in [1.54, 1.807) is 33.1 Å². The molecule has 0 radical (unpaired) electrons. The van der Waals surface area contributed by atoms with Crippen LogP contribution in [-0.4, -0.2) is 43.3 Å². The van der Waals surface area contributed by atoms with Crippen molar-refractivity contribution in [2.24, 2.45) is 0 Å². The van der Waals surface area contributed by atoms with Crippen molar-refractivity contribution in [3.63, 3.8) is 0 Å². The number of benzene rings is 1. The van der Waals surface area contributed by atoms with E-state index in [1.807, 2.05) is 19.1 Å². The molecular formula is C14H21NO4. The highest BCUT2D eigenvalue weighted by Crippen LogP contribution is 2.30. The molecule has 0 saturated heterocycles. The fraction of sp³-hybridized carbons (Fsp3) is 0.500. The third-order valence-corrected chi connectivity index (χ3v) is 3.28. The van der Waals surface area contributed by atoms with E-state index in [2.05, 4.69) is 0 Å². The molecule has 0 aromatic heterocycles. The molecule has 0 aliphatic carbocycles. The van der Waals surface area contributed by atoms with Crippen LogP contribution < -0.4 is 9.47 Å². The third kappa shape index (κ3) is 3.61. The highest BCUT2D eigenvalue weighted by Gasteiger charge is 2.18. The van der Waals surface area contributed by atoms with Crippen LogP contribution in [0.4, 0.5) is 0 Å². The summed E-state index contributed by atoms with van der Waals surface area (Å²) in [7, 11) is 4.96. The maximum absolute atomic E-state index is 11.0. The largest absolute Gasteiger partial charge is 0.493 e. The molecule has 1 rings (SSSR count). The molecule has 1 aromatic rings. The van der Waals surface area contributed by atoms with Gasteiger partial charge in [-0.05, 0) is 44.2 Å². The number of carbonyl (C=O) groups is 1. The van der Waals surface area contributed by atoms with Gasteiger partial charge in [0.05, 0.1) is 14.2 Å². The molecule has 0 saturated carbocycles. The number of nitrogens with zero attached hydrogens (tertiary/aromatic N) is 1. The molecule has 1 unspecified atom stereocenters. The van der Waals surface area contributed by atoms with E-state index < -0.39 is 12.0 Å². The van der Waals surface area contributed by atoms with Gasteiger partial charge in [0.2, 0.25) is 0 Å². The zero-order chi connectivity index (χ0) is 14.6. The summed E-state index contributed by atoms with van der Waals surface area (Å²) in [5.74, 6) is 0.498. The van der Waals surface area contributed by atoms with Crippen LogP contribution in [0.3, 0.4) is 0 Å². The molecule has 1 N–H and O–H groups in total. The second-order valence-electron chi connectivity index (χ2n) is 4.56. The minimum absolute atomic E-state index is 0.535. The first kappa shape index (κ1) is 15.3. The molecule has 0 heterocycles. The smallest absolute Gasteiger partial charge is 0.320 e. The Kier molecular flexibility index (Phi) is 5.18. The Morgan fingerprint density at radius 2 is 1.84 bits per heavy atom. The number of aliphatic carboxylic acids is 1. The Morgan fingerprint density at radius 3 is 2.32 bits per heavy atom. The fourth-order valence-corrected chi connectivity index (χ4v) is 1.79. The molecule has 0 aliphatic heterocycles. The number of hydrogen-bond donors (Lipinski definition) is 1. The van der Waals surface area contributed by atoms with Gasteiger partial charge in [-0.1, -0.05) is 0 Å². The Balaban J connectivity index is 2.98. The molecule has 0 aliphatic rings. The predicted octanol–water partition coefficient (Wildman–Crippen LogP) is 1.92. The SMILES string of the molecule is COc1cc(C)c(CN(C)C(C)C(=O)O)cc1OC. The van der Waals surface area contributed by atoms with Gasteiger partial charge in [0.25, 0.3) is 0 Å². The van der Waals surface area contributed by atoms with Crippen molar-refractivity contribution < 1.29 is 19.4 Å². The molecule has 19 heavy (non-hydrogen) atoms. The minimum atomic E-state index is -0.833. The number of hydrogen-bond acceptors (Lipinski definition) is 4. The average Bonchev–Trinajstić information content (AvgIpc) is 2.39. The lowest BCUT2D eigenvalue weighted by atomic mass is 10.1. The summed E-state index contributed by atoms with van der Waals surface area (Å²) in [5.41, 5.74) is 2.07. The van der Waals surface area contributed by atoms with Crippen LogP contribution in [0.5, 0.6) is 11.5 Å². The lowest BCUT2D eigenvalue weighted by Crippen LogP contribution is -2.35. The van der Waals surface area contributed by atoms with Crippen molar-refractivity contribution in [3.8, 4) is 11.5 Å². The predicted molar refractivity (Wildman–Crippen MR) is 72.8 cm³/mol. The van der Waals surface area contributed by atoms with Gasteiger partial charge in [-0.3, -0.25) is 9.69 Å². The molecule has 106 valence electrons. The molecule has 5 nitrogen and oxygen atoms in total. The average molecular weight is 267 g/mol. The van der Waals surface area contributed by atoms with E-state index in [0.29, 0.717) is 18.0 Å². The third-order valence-electron chi connectivity index (χ3n) is 3.28. The maximum Gasteiger partial charge on any atom is 0.320 e. The van der Waals surface area contributed by atoms with Crippen LogP contribution in [0.15, 0.2) is 12.1 Å². The normalized spacial score (nSPS) is 12.3.